The van der Waals surface area contributed by atoms with Crippen molar-refractivity contribution in [2.75, 3.05) is 6.54 Å². The highest BCUT2D eigenvalue weighted by atomic mass is 35.5. The molecule has 5 nitrogen and oxygen atoms in total. The molecule has 150 valence electrons. The molecule has 7 heteroatoms. The highest BCUT2D eigenvalue weighted by molar-refractivity contribution is 6.31. The van der Waals surface area contributed by atoms with E-state index < -0.39 is 23.1 Å². The zero-order chi connectivity index (χ0) is 20.9. The van der Waals surface area contributed by atoms with Crippen LogP contribution in [0.5, 0.6) is 11.5 Å². The van der Waals surface area contributed by atoms with Crippen molar-refractivity contribution in [1.29, 1.82) is 0 Å². The number of hydrogen-bond donors (Lipinski definition) is 2. The minimum Gasteiger partial charge on any atom is -0.481 e. The van der Waals surface area contributed by atoms with Crippen molar-refractivity contribution in [3.05, 3.63) is 83.2 Å². The fourth-order valence-corrected chi connectivity index (χ4v) is 3.21. The second kappa shape index (κ2) is 8.92. The molecular formula is C22H19ClFNO4. The summed E-state index contributed by atoms with van der Waals surface area (Å²) >= 11 is 6.02. The van der Waals surface area contributed by atoms with Gasteiger partial charge in [0.2, 0.25) is 0 Å². The predicted octanol–water partition coefficient (Wildman–Crippen LogP) is 4.98. The third-order valence-electron chi connectivity index (χ3n) is 4.64. The van der Waals surface area contributed by atoms with Gasteiger partial charge in [-0.2, -0.15) is 0 Å². The molecule has 1 aliphatic carbocycles. The molecule has 0 spiro atoms. The number of ether oxygens (including phenoxy) is 1. The summed E-state index contributed by atoms with van der Waals surface area (Å²) in [6, 6.07) is 10.1. The predicted molar refractivity (Wildman–Crippen MR) is 108 cm³/mol. The average Bonchev–Trinajstić information content (AvgIpc) is 2.70. The Morgan fingerprint density at radius 3 is 2.72 bits per heavy atom. The van der Waals surface area contributed by atoms with Gasteiger partial charge in [0.25, 0.3) is 5.91 Å². The van der Waals surface area contributed by atoms with Crippen LogP contribution in [0.25, 0.3) is 0 Å². The Balaban J connectivity index is 1.72. The lowest BCUT2D eigenvalue weighted by Gasteiger charge is -2.26. The van der Waals surface area contributed by atoms with Gasteiger partial charge in [-0.25, -0.2) is 4.39 Å². The molecule has 0 radical (unpaired) electrons. The van der Waals surface area contributed by atoms with Gasteiger partial charge in [0.05, 0.1) is 11.0 Å². The highest BCUT2D eigenvalue weighted by Crippen LogP contribution is 2.32. The second-order valence-electron chi connectivity index (χ2n) is 6.66. The molecule has 0 heterocycles. The lowest BCUT2D eigenvalue weighted by molar-refractivity contribution is -0.146. The van der Waals surface area contributed by atoms with Gasteiger partial charge in [-0.15, -0.1) is 0 Å². The average molecular weight is 416 g/mol. The van der Waals surface area contributed by atoms with Crippen LogP contribution in [-0.4, -0.2) is 23.5 Å². The molecule has 0 unspecified atom stereocenters. The van der Waals surface area contributed by atoms with Crippen LogP contribution in [0.1, 0.15) is 23.2 Å². The van der Waals surface area contributed by atoms with E-state index in [1.807, 2.05) is 0 Å². The molecule has 1 atom stereocenters. The van der Waals surface area contributed by atoms with Crippen LogP contribution < -0.4 is 10.1 Å². The zero-order valence-corrected chi connectivity index (χ0v) is 16.2. The molecule has 0 fully saturated rings. The van der Waals surface area contributed by atoms with Gasteiger partial charge in [0.15, 0.2) is 0 Å². The van der Waals surface area contributed by atoms with E-state index in [1.165, 1.54) is 30.3 Å². The van der Waals surface area contributed by atoms with Crippen molar-refractivity contribution < 1.29 is 23.8 Å². The van der Waals surface area contributed by atoms with E-state index in [9.17, 15) is 19.1 Å². The summed E-state index contributed by atoms with van der Waals surface area (Å²) in [5.74, 6) is -1.41. The molecular weight excluding hydrogens is 397 g/mol. The Labute approximate surface area is 172 Å². The number of allylic oxidation sites excluding steroid dienone is 3. The number of nitrogens with one attached hydrogen (secondary N) is 1. The number of benzene rings is 2. The first-order valence-electron chi connectivity index (χ1n) is 8.99. The Hall–Kier alpha value is -3.12. The number of carboxylic acid groups (broad SMARTS) is 1. The summed E-state index contributed by atoms with van der Waals surface area (Å²) in [5.41, 5.74) is -0.873. The number of carbonyl (C=O) groups is 2. The molecule has 0 aliphatic heterocycles. The second-order valence-corrected chi connectivity index (χ2v) is 7.09. The minimum atomic E-state index is -1.04. The van der Waals surface area contributed by atoms with E-state index in [0.29, 0.717) is 11.4 Å². The molecule has 29 heavy (non-hydrogen) atoms. The Kier molecular flexibility index (Phi) is 6.34. The van der Waals surface area contributed by atoms with Gasteiger partial charge in [-0.05, 0) is 43.2 Å². The highest BCUT2D eigenvalue weighted by Gasteiger charge is 2.35. The van der Waals surface area contributed by atoms with Crippen molar-refractivity contribution >= 4 is 23.5 Å². The van der Waals surface area contributed by atoms with Crippen LogP contribution in [0.4, 0.5) is 4.39 Å². The number of halogens is 2. The van der Waals surface area contributed by atoms with Crippen molar-refractivity contribution in [3.63, 3.8) is 0 Å². The molecule has 3 rings (SSSR count). The van der Waals surface area contributed by atoms with Crippen LogP contribution in [0.2, 0.25) is 5.02 Å². The fraction of sp³-hybridized carbons (Fsp3) is 0.182. The number of rotatable bonds is 7. The Bertz CT molecular complexity index is 989. The smallest absolute Gasteiger partial charge is 0.313 e. The molecule has 0 aromatic heterocycles. The van der Waals surface area contributed by atoms with Crippen LogP contribution in [-0.2, 0) is 4.79 Å². The summed E-state index contributed by atoms with van der Waals surface area (Å²) in [6.45, 7) is 0.148. The first-order chi connectivity index (χ1) is 13.9. The topological polar surface area (TPSA) is 75.6 Å². The maximum atomic E-state index is 13.4. The molecule has 0 saturated heterocycles. The van der Waals surface area contributed by atoms with Crippen LogP contribution in [0.3, 0.4) is 0 Å². The molecule has 1 amide bonds. The van der Waals surface area contributed by atoms with Crippen LogP contribution in [0.15, 0.2) is 66.8 Å². The van der Waals surface area contributed by atoms with E-state index in [1.54, 1.807) is 36.4 Å². The van der Waals surface area contributed by atoms with E-state index in [-0.39, 0.29) is 30.0 Å². The summed E-state index contributed by atoms with van der Waals surface area (Å²) in [4.78, 5) is 24.4. The minimum absolute atomic E-state index is 0.148. The van der Waals surface area contributed by atoms with Gasteiger partial charge < -0.3 is 15.2 Å². The maximum absolute atomic E-state index is 13.4. The number of carbonyl (C=O) groups excluding carboxylic acids is 1. The normalized spacial score (nSPS) is 17.7. The zero-order valence-electron chi connectivity index (χ0n) is 15.4. The Morgan fingerprint density at radius 1 is 1.21 bits per heavy atom. The maximum Gasteiger partial charge on any atom is 0.313 e. The number of carboxylic acids is 1. The molecule has 0 bridgehead atoms. The van der Waals surface area contributed by atoms with Crippen molar-refractivity contribution in [2.24, 2.45) is 5.41 Å². The van der Waals surface area contributed by atoms with Crippen LogP contribution >= 0.6 is 11.6 Å². The lowest BCUT2D eigenvalue weighted by atomic mass is 9.79. The van der Waals surface area contributed by atoms with Gasteiger partial charge in [0, 0.05) is 17.6 Å². The molecule has 1 aliphatic rings. The van der Waals surface area contributed by atoms with Crippen LogP contribution in [0, 0.1) is 11.2 Å². The van der Waals surface area contributed by atoms with E-state index in [4.69, 9.17) is 16.3 Å². The third-order valence-corrected chi connectivity index (χ3v) is 4.87. The van der Waals surface area contributed by atoms with Gasteiger partial charge in [-0.3, -0.25) is 9.59 Å². The van der Waals surface area contributed by atoms with E-state index in [2.05, 4.69) is 5.32 Å². The first kappa shape index (κ1) is 20.6. The monoisotopic (exact) mass is 415 g/mol. The quantitative estimate of drug-likeness (QED) is 0.668. The Morgan fingerprint density at radius 2 is 2.03 bits per heavy atom. The summed E-state index contributed by atoms with van der Waals surface area (Å²) in [7, 11) is 0. The molecule has 0 saturated carbocycles. The summed E-state index contributed by atoms with van der Waals surface area (Å²) in [6.07, 6.45) is 7.51. The summed E-state index contributed by atoms with van der Waals surface area (Å²) < 4.78 is 19.0. The first-order valence-corrected chi connectivity index (χ1v) is 9.36. The van der Waals surface area contributed by atoms with E-state index >= 15 is 0 Å². The largest absolute Gasteiger partial charge is 0.481 e. The number of hydrogen-bond acceptors (Lipinski definition) is 3. The van der Waals surface area contributed by atoms with Gasteiger partial charge >= 0.3 is 5.97 Å². The van der Waals surface area contributed by atoms with Crippen molar-refractivity contribution in [3.8, 4) is 11.5 Å². The standard InChI is InChI=1S/C22H19ClFNO4/c23-15-7-8-19(29-17-6-4-5-16(24)14-17)18(13-15)20(26)25-12-11-22(21(27)28)9-2-1-3-10-22/h1-9,13-14H,10-12H2,(H,25,26)(H,27,28)/t22-/m0/s1. The van der Waals surface area contributed by atoms with Gasteiger partial charge in [-0.1, -0.05) is 42.0 Å². The molecule has 2 N–H and O–H groups in total. The van der Waals surface area contributed by atoms with Gasteiger partial charge in [0.1, 0.15) is 17.3 Å². The molecule has 2 aromatic carbocycles. The summed E-state index contributed by atoms with van der Waals surface area (Å²) in [5, 5.41) is 12.6. The SMILES string of the molecule is O=C(NCC[C@]1(C(=O)O)C=CC=CC1)c1cc(Cl)ccc1Oc1cccc(F)c1. The molecule has 2 aromatic rings. The number of amides is 1. The van der Waals surface area contributed by atoms with Crippen molar-refractivity contribution in [1.82, 2.24) is 5.32 Å². The van der Waals surface area contributed by atoms with E-state index in [0.717, 1.165) is 0 Å². The van der Waals surface area contributed by atoms with Crippen molar-refractivity contribution in [2.45, 2.75) is 12.8 Å². The third kappa shape index (κ3) is 5.03. The number of aliphatic carboxylic acids is 1. The fourth-order valence-electron chi connectivity index (χ4n) is 3.04. The lowest BCUT2D eigenvalue weighted by Crippen LogP contribution is -2.35.